The first-order chi connectivity index (χ1) is 13.2. The molecule has 0 spiro atoms. The topological polar surface area (TPSA) is 66.7 Å². The van der Waals surface area contributed by atoms with Crippen molar-refractivity contribution in [3.63, 3.8) is 0 Å². The largest absolute Gasteiger partial charge is 0.444 e. The molecule has 3 rings (SSSR count). The van der Waals surface area contributed by atoms with Crippen LogP contribution in [0.1, 0.15) is 69.4 Å². The second-order valence-electron chi connectivity index (χ2n) is 8.50. The van der Waals surface area contributed by atoms with E-state index < -0.39 is 23.2 Å². The number of amides is 2. The molecule has 0 radical (unpaired) electrons. The van der Waals surface area contributed by atoms with E-state index in [4.69, 9.17) is 4.74 Å². The lowest BCUT2D eigenvalue weighted by Gasteiger charge is -2.33. The average Bonchev–Trinajstić information content (AvgIpc) is 2.63. The Morgan fingerprint density at radius 2 is 1.93 bits per heavy atom. The lowest BCUT2D eigenvalue weighted by atomic mass is 9.85. The minimum absolute atomic E-state index is 0.0784. The van der Waals surface area contributed by atoms with Gasteiger partial charge < -0.3 is 9.64 Å². The molecule has 28 heavy (non-hydrogen) atoms. The maximum absolute atomic E-state index is 14.4. The summed E-state index contributed by atoms with van der Waals surface area (Å²) in [6.07, 6.45) is 2.02. The van der Waals surface area contributed by atoms with Gasteiger partial charge in [-0.15, -0.1) is 0 Å². The number of carbonyl (C=O) groups excluding carboxylic acids is 2. The molecule has 7 heteroatoms. The second-order valence-corrected chi connectivity index (χ2v) is 8.50. The van der Waals surface area contributed by atoms with Gasteiger partial charge in [0.2, 0.25) is 6.54 Å². The molecule has 150 valence electrons. The molecule has 0 aliphatic carbocycles. The predicted octanol–water partition coefficient (Wildman–Crippen LogP) is 3.72. The molecule has 6 nitrogen and oxygen atoms in total. The van der Waals surface area contributed by atoms with Crippen molar-refractivity contribution in [3.8, 4) is 0 Å². The maximum atomic E-state index is 14.4. The zero-order valence-electron chi connectivity index (χ0n) is 16.6. The van der Waals surface area contributed by atoms with Gasteiger partial charge in [0.15, 0.2) is 5.82 Å². The van der Waals surface area contributed by atoms with Crippen molar-refractivity contribution in [2.24, 2.45) is 0 Å². The SMILES string of the molecule is CC(C)(C)OC(=O)N1CCC(c2cc(C3CCC[N+](=O)C3=O)c#cc2F)CC1. The van der Waals surface area contributed by atoms with Gasteiger partial charge in [-0.05, 0) is 58.1 Å². The molecule has 2 amide bonds. The number of halogens is 1. The highest BCUT2D eigenvalue weighted by atomic mass is 19.1. The van der Waals surface area contributed by atoms with Gasteiger partial charge in [0.05, 0.1) is 4.76 Å². The standard InChI is InChI=1S/C21H26FN2O4/c1-21(2,3)28-20(26)23-11-8-14(9-12-23)17-13-15(6-7-18(17)22)16-5-4-10-24(27)19(16)25/h13-14,16H,4-5,8-12H2,1-3H3/q+1. The van der Waals surface area contributed by atoms with Crippen LogP contribution in [0.3, 0.4) is 0 Å². The van der Waals surface area contributed by atoms with Crippen molar-refractivity contribution in [1.82, 2.24) is 4.90 Å². The Kier molecular flexibility index (Phi) is 5.69. The first-order valence-corrected chi connectivity index (χ1v) is 9.75. The molecular weight excluding hydrogens is 363 g/mol. The first kappa shape index (κ1) is 20.2. The number of nitrogens with zero attached hydrogens (tertiary/aromatic N) is 2. The molecule has 0 bridgehead atoms. The Balaban J connectivity index is 1.70. The predicted molar refractivity (Wildman–Crippen MR) is 99.3 cm³/mol. The molecular formula is C21H26FN2O4+. The number of likely N-dealkylation sites (tertiary alicyclic amines) is 1. The second kappa shape index (κ2) is 7.86. The minimum atomic E-state index is -0.580. The van der Waals surface area contributed by atoms with Crippen LogP contribution in [0.4, 0.5) is 9.18 Å². The first-order valence-electron chi connectivity index (χ1n) is 9.75. The van der Waals surface area contributed by atoms with E-state index in [2.05, 4.69) is 12.1 Å². The highest BCUT2D eigenvalue weighted by Crippen LogP contribution is 2.33. The Labute approximate surface area is 164 Å². The molecule has 1 atom stereocenters. The van der Waals surface area contributed by atoms with Crippen LogP contribution in [0.5, 0.6) is 0 Å². The summed E-state index contributed by atoms with van der Waals surface area (Å²) in [6, 6.07) is 6.87. The zero-order chi connectivity index (χ0) is 20.5. The van der Waals surface area contributed by atoms with Gasteiger partial charge in [0.25, 0.3) is 0 Å². The fraction of sp³-hybridized carbons (Fsp3) is 0.619. The van der Waals surface area contributed by atoms with Crippen LogP contribution in [0.25, 0.3) is 0 Å². The summed E-state index contributed by atoms with van der Waals surface area (Å²) in [5.41, 5.74) is 0.450. The third kappa shape index (κ3) is 4.49. The molecule has 1 unspecified atom stereocenters. The van der Waals surface area contributed by atoms with E-state index in [1.54, 1.807) is 11.0 Å². The zero-order valence-corrected chi connectivity index (χ0v) is 16.6. The van der Waals surface area contributed by atoms with Gasteiger partial charge in [-0.2, -0.15) is 4.39 Å². The summed E-state index contributed by atoms with van der Waals surface area (Å²) in [7, 11) is 0. The molecule has 2 saturated heterocycles. The fourth-order valence-corrected chi connectivity index (χ4v) is 3.79. The van der Waals surface area contributed by atoms with Gasteiger partial charge in [0, 0.05) is 35.5 Å². The third-order valence-electron chi connectivity index (χ3n) is 5.24. The van der Waals surface area contributed by atoms with E-state index in [1.165, 1.54) is 0 Å². The monoisotopic (exact) mass is 389 g/mol. The number of rotatable bonds is 2. The normalized spacial score (nSPS) is 21.4. The average molecular weight is 389 g/mol. The lowest BCUT2D eigenvalue weighted by Crippen LogP contribution is -2.41. The molecule has 2 heterocycles. The van der Waals surface area contributed by atoms with E-state index >= 15 is 0 Å². The van der Waals surface area contributed by atoms with Crippen LogP contribution in [-0.2, 0) is 9.53 Å². The number of hydrogen-bond acceptors (Lipinski definition) is 4. The van der Waals surface area contributed by atoms with E-state index in [0.717, 1.165) is 0 Å². The molecule has 0 N–H and O–H groups in total. The summed E-state index contributed by atoms with van der Waals surface area (Å²) < 4.78 is 20.3. The van der Waals surface area contributed by atoms with Gasteiger partial charge in [0.1, 0.15) is 11.5 Å². The number of hydrogen-bond donors (Lipinski definition) is 0. The number of nitroso groups, excluding NO2 is 1. The van der Waals surface area contributed by atoms with Crippen LogP contribution in [0.2, 0.25) is 0 Å². The summed E-state index contributed by atoms with van der Waals surface area (Å²) in [5, 5.41) is 0. The summed E-state index contributed by atoms with van der Waals surface area (Å²) >= 11 is 0. The Morgan fingerprint density at radius 1 is 1.25 bits per heavy atom. The molecule has 2 aliphatic rings. The van der Waals surface area contributed by atoms with Crippen molar-refractivity contribution in [2.75, 3.05) is 19.6 Å². The summed E-state index contributed by atoms with van der Waals surface area (Å²) in [6.45, 7) is 6.62. The van der Waals surface area contributed by atoms with E-state index in [1.807, 2.05) is 20.8 Å². The molecule has 1 aromatic rings. The fourth-order valence-electron chi connectivity index (χ4n) is 3.79. The van der Waals surface area contributed by atoms with Crippen LogP contribution in [-0.4, -0.2) is 46.9 Å². The van der Waals surface area contributed by atoms with Crippen molar-refractivity contribution >= 4 is 12.0 Å². The van der Waals surface area contributed by atoms with Gasteiger partial charge in [-0.25, -0.2) is 9.59 Å². The Hall–Kier alpha value is -2.49. The van der Waals surface area contributed by atoms with E-state index in [9.17, 15) is 18.9 Å². The lowest BCUT2D eigenvalue weighted by molar-refractivity contribution is -0.478. The van der Waals surface area contributed by atoms with Gasteiger partial charge in [-0.3, -0.25) is 0 Å². The molecule has 2 aliphatic heterocycles. The number of ether oxygens (including phenoxy) is 1. The van der Waals surface area contributed by atoms with Crippen LogP contribution in [0, 0.1) is 22.9 Å². The highest BCUT2D eigenvalue weighted by molar-refractivity contribution is 5.76. The van der Waals surface area contributed by atoms with Crippen LogP contribution >= 0.6 is 0 Å². The van der Waals surface area contributed by atoms with Gasteiger partial charge in [-0.1, -0.05) is 6.07 Å². The summed E-state index contributed by atoms with van der Waals surface area (Å²) in [4.78, 5) is 37.6. The minimum Gasteiger partial charge on any atom is -0.444 e. The maximum Gasteiger partial charge on any atom is 0.441 e. The van der Waals surface area contributed by atoms with Crippen molar-refractivity contribution in [1.29, 1.82) is 0 Å². The molecule has 1 aromatic carbocycles. The molecule has 0 saturated carbocycles. The number of piperidine rings is 2. The highest BCUT2D eigenvalue weighted by Gasteiger charge is 2.39. The summed E-state index contributed by atoms with van der Waals surface area (Å²) in [5.74, 6) is -1.64. The van der Waals surface area contributed by atoms with Crippen LogP contribution < -0.4 is 0 Å². The van der Waals surface area contributed by atoms with E-state index in [0.29, 0.717) is 54.7 Å². The van der Waals surface area contributed by atoms with Gasteiger partial charge >= 0.3 is 12.0 Å². The molecule has 0 aromatic heterocycles. The van der Waals surface area contributed by atoms with Crippen LogP contribution in [0.15, 0.2) is 6.07 Å². The third-order valence-corrected chi connectivity index (χ3v) is 5.24. The van der Waals surface area contributed by atoms with Crippen molar-refractivity contribution in [2.45, 2.75) is 63.9 Å². The van der Waals surface area contributed by atoms with Crippen molar-refractivity contribution in [3.05, 3.63) is 40.1 Å². The van der Waals surface area contributed by atoms with E-state index in [-0.39, 0.29) is 18.6 Å². The Bertz CT molecular complexity index is 779. The molecule has 2 fully saturated rings. The Morgan fingerprint density at radius 3 is 2.57 bits per heavy atom. The smallest absolute Gasteiger partial charge is 0.441 e. The van der Waals surface area contributed by atoms with Crippen molar-refractivity contribution < 1.29 is 23.5 Å². The number of carbonyl (C=O) groups is 2. The quantitative estimate of drug-likeness (QED) is 0.723.